The molecule has 2 aromatic rings. The second-order valence-corrected chi connectivity index (χ2v) is 4.92. The molecular weight excluding hydrogens is 288 g/mol. The van der Waals surface area contributed by atoms with Gasteiger partial charge in [-0.3, -0.25) is 4.79 Å². The van der Waals surface area contributed by atoms with Gasteiger partial charge in [0.05, 0.1) is 16.8 Å². The molecule has 0 unspecified atom stereocenters. The van der Waals surface area contributed by atoms with Gasteiger partial charge in [0.15, 0.2) is 0 Å². The number of aryl methyl sites for hydroxylation is 1. The Morgan fingerprint density at radius 2 is 1.95 bits per heavy atom. The van der Waals surface area contributed by atoms with Crippen LogP contribution in [-0.4, -0.2) is 11.0 Å². The summed E-state index contributed by atoms with van der Waals surface area (Å²) in [6.07, 6.45) is -0.259. The fourth-order valence-electron chi connectivity index (χ4n) is 2.01. The molecule has 0 spiro atoms. The van der Waals surface area contributed by atoms with Crippen molar-refractivity contribution in [2.75, 3.05) is 5.32 Å². The third kappa shape index (κ3) is 3.15. The number of halogens is 1. The van der Waals surface area contributed by atoms with Crippen molar-refractivity contribution in [2.24, 2.45) is 0 Å². The van der Waals surface area contributed by atoms with Gasteiger partial charge in [-0.2, -0.15) is 5.26 Å². The number of rotatable bonds is 3. The number of hydrogen-bond acceptors (Lipinski definition) is 3. The normalized spacial score (nSPS) is 9.95. The maximum Gasteiger partial charge on any atom is 0.238 e. The first kappa shape index (κ1) is 14.9. The molecule has 0 bridgehead atoms. The van der Waals surface area contributed by atoms with Crippen molar-refractivity contribution >= 4 is 23.2 Å². The number of anilines is 1. The van der Waals surface area contributed by atoms with Crippen molar-refractivity contribution in [3.8, 4) is 22.9 Å². The van der Waals surface area contributed by atoms with E-state index in [1.165, 1.54) is 0 Å². The lowest BCUT2D eigenvalue weighted by Crippen LogP contribution is -2.11. The van der Waals surface area contributed by atoms with Crippen molar-refractivity contribution in [3.63, 3.8) is 0 Å². The Bertz CT molecular complexity index is 736. The molecule has 2 N–H and O–H groups in total. The summed E-state index contributed by atoms with van der Waals surface area (Å²) < 4.78 is 0. The third-order valence-corrected chi connectivity index (χ3v) is 3.36. The van der Waals surface area contributed by atoms with Gasteiger partial charge in [0.2, 0.25) is 5.91 Å². The van der Waals surface area contributed by atoms with Crippen molar-refractivity contribution in [3.05, 3.63) is 47.0 Å². The van der Waals surface area contributed by atoms with Crippen LogP contribution in [0.2, 0.25) is 5.02 Å². The monoisotopic (exact) mass is 300 g/mol. The van der Waals surface area contributed by atoms with Crippen LogP contribution in [0.3, 0.4) is 0 Å². The standard InChI is InChI=1S/C16H13ClN2O2/c1-10-4-2-6-12(16(10)21)11-5-3-7-13(17)15(11)19-14(20)8-9-18/h2-7,21H,8H2,1H3,(H,19,20). The molecular formula is C16H13ClN2O2. The van der Waals surface area contributed by atoms with Crippen LogP contribution in [0.5, 0.6) is 5.75 Å². The number of phenols is 1. The highest BCUT2D eigenvalue weighted by atomic mass is 35.5. The topological polar surface area (TPSA) is 73.1 Å². The molecule has 4 nitrogen and oxygen atoms in total. The zero-order chi connectivity index (χ0) is 15.4. The quantitative estimate of drug-likeness (QED) is 0.903. The van der Waals surface area contributed by atoms with Gasteiger partial charge in [-0.25, -0.2) is 0 Å². The van der Waals surface area contributed by atoms with Crippen LogP contribution in [0.15, 0.2) is 36.4 Å². The van der Waals surface area contributed by atoms with Crippen LogP contribution in [0.4, 0.5) is 5.69 Å². The fraction of sp³-hybridized carbons (Fsp3) is 0.125. The van der Waals surface area contributed by atoms with E-state index in [1.54, 1.807) is 43.3 Å². The van der Waals surface area contributed by atoms with Gasteiger partial charge in [-0.15, -0.1) is 0 Å². The Balaban J connectivity index is 2.54. The van der Waals surface area contributed by atoms with E-state index < -0.39 is 5.91 Å². The van der Waals surface area contributed by atoms with Crippen molar-refractivity contribution in [1.29, 1.82) is 5.26 Å². The SMILES string of the molecule is Cc1cccc(-c2cccc(Cl)c2NC(=O)CC#N)c1O. The first-order valence-corrected chi connectivity index (χ1v) is 6.66. The predicted molar refractivity (Wildman–Crippen MR) is 82.1 cm³/mol. The molecule has 106 valence electrons. The van der Waals surface area contributed by atoms with E-state index in [0.29, 0.717) is 21.8 Å². The smallest absolute Gasteiger partial charge is 0.238 e. The molecule has 0 saturated carbocycles. The van der Waals surface area contributed by atoms with Gasteiger partial charge in [0.25, 0.3) is 0 Å². The number of hydrogen-bond donors (Lipinski definition) is 2. The average Bonchev–Trinajstić information content (AvgIpc) is 2.45. The highest BCUT2D eigenvalue weighted by Gasteiger charge is 2.15. The Morgan fingerprint density at radius 3 is 2.67 bits per heavy atom. The lowest BCUT2D eigenvalue weighted by atomic mass is 10.00. The molecule has 0 aliphatic carbocycles. The summed E-state index contributed by atoms with van der Waals surface area (Å²) in [7, 11) is 0. The molecule has 2 rings (SSSR count). The summed E-state index contributed by atoms with van der Waals surface area (Å²) in [5.74, 6) is -0.311. The third-order valence-electron chi connectivity index (χ3n) is 3.05. The summed E-state index contributed by atoms with van der Waals surface area (Å²) in [6.45, 7) is 1.79. The molecule has 0 atom stereocenters. The molecule has 0 radical (unpaired) electrons. The molecule has 1 amide bonds. The highest BCUT2D eigenvalue weighted by molar-refractivity contribution is 6.34. The Labute approximate surface area is 127 Å². The van der Waals surface area contributed by atoms with Crippen LogP contribution >= 0.6 is 11.6 Å². The van der Waals surface area contributed by atoms with Crippen molar-refractivity contribution in [2.45, 2.75) is 13.3 Å². The van der Waals surface area contributed by atoms with Gasteiger partial charge in [0.1, 0.15) is 12.2 Å². The van der Waals surface area contributed by atoms with E-state index in [9.17, 15) is 9.90 Å². The maximum absolute atomic E-state index is 11.6. The van der Waals surface area contributed by atoms with Crippen molar-refractivity contribution in [1.82, 2.24) is 0 Å². The lowest BCUT2D eigenvalue weighted by molar-refractivity contribution is -0.115. The zero-order valence-corrected chi connectivity index (χ0v) is 12.1. The number of phenolic OH excluding ortho intramolecular Hbond substituents is 1. The molecule has 2 aromatic carbocycles. The Morgan fingerprint density at radius 1 is 1.29 bits per heavy atom. The summed E-state index contributed by atoms with van der Waals surface area (Å²) in [5.41, 5.74) is 2.29. The second kappa shape index (κ2) is 6.29. The first-order valence-electron chi connectivity index (χ1n) is 6.29. The minimum absolute atomic E-state index is 0.135. The molecule has 0 aromatic heterocycles. The van der Waals surface area contributed by atoms with E-state index in [2.05, 4.69) is 5.32 Å². The van der Waals surface area contributed by atoms with Gasteiger partial charge in [-0.05, 0) is 18.6 Å². The average molecular weight is 301 g/mol. The number of nitriles is 1. The fourth-order valence-corrected chi connectivity index (χ4v) is 2.23. The number of para-hydroxylation sites is 2. The number of nitrogens with zero attached hydrogens (tertiary/aromatic N) is 1. The molecule has 21 heavy (non-hydrogen) atoms. The van der Waals surface area contributed by atoms with Crippen LogP contribution in [-0.2, 0) is 4.79 Å². The van der Waals surface area contributed by atoms with E-state index in [4.69, 9.17) is 16.9 Å². The van der Waals surface area contributed by atoms with Crippen LogP contribution in [0.1, 0.15) is 12.0 Å². The summed E-state index contributed by atoms with van der Waals surface area (Å²) in [5, 5.41) is 21.7. The zero-order valence-electron chi connectivity index (χ0n) is 11.4. The minimum Gasteiger partial charge on any atom is -0.507 e. The number of nitrogens with one attached hydrogen (secondary N) is 1. The number of carbonyl (C=O) groups excluding carboxylic acids is 1. The van der Waals surface area contributed by atoms with Gasteiger partial charge in [0, 0.05) is 11.1 Å². The van der Waals surface area contributed by atoms with E-state index >= 15 is 0 Å². The number of aromatic hydroxyl groups is 1. The molecule has 0 aliphatic rings. The lowest BCUT2D eigenvalue weighted by Gasteiger charge is -2.14. The Hall–Kier alpha value is -2.51. The number of benzene rings is 2. The minimum atomic E-state index is -0.445. The van der Waals surface area contributed by atoms with E-state index in [0.717, 1.165) is 5.56 Å². The predicted octanol–water partition coefficient (Wildman–Crippen LogP) is 3.87. The van der Waals surface area contributed by atoms with Crippen molar-refractivity contribution < 1.29 is 9.90 Å². The molecule has 0 saturated heterocycles. The first-order chi connectivity index (χ1) is 10.0. The van der Waals surface area contributed by atoms with E-state index in [1.807, 2.05) is 6.07 Å². The molecule has 5 heteroatoms. The summed E-state index contributed by atoms with van der Waals surface area (Å²) in [4.78, 5) is 11.6. The number of amides is 1. The van der Waals surface area contributed by atoms with Crippen LogP contribution in [0.25, 0.3) is 11.1 Å². The number of carbonyl (C=O) groups is 1. The molecule has 0 aliphatic heterocycles. The Kier molecular flexibility index (Phi) is 4.46. The van der Waals surface area contributed by atoms with Gasteiger partial charge < -0.3 is 10.4 Å². The molecule has 0 fully saturated rings. The largest absolute Gasteiger partial charge is 0.507 e. The molecule has 0 heterocycles. The van der Waals surface area contributed by atoms with Crippen LogP contribution in [0, 0.1) is 18.3 Å². The van der Waals surface area contributed by atoms with E-state index in [-0.39, 0.29) is 12.2 Å². The van der Waals surface area contributed by atoms with Gasteiger partial charge >= 0.3 is 0 Å². The second-order valence-electron chi connectivity index (χ2n) is 4.52. The van der Waals surface area contributed by atoms with Crippen LogP contribution < -0.4 is 5.32 Å². The summed E-state index contributed by atoms with van der Waals surface area (Å²) in [6, 6.07) is 12.3. The maximum atomic E-state index is 11.6. The van der Waals surface area contributed by atoms with Gasteiger partial charge in [-0.1, -0.05) is 41.9 Å². The highest BCUT2D eigenvalue weighted by Crippen LogP contribution is 2.39. The summed E-state index contributed by atoms with van der Waals surface area (Å²) >= 11 is 6.14.